The van der Waals surface area contributed by atoms with Crippen LogP contribution < -0.4 is 11.2 Å². The van der Waals surface area contributed by atoms with Crippen LogP contribution in [0.15, 0.2) is 27.9 Å². The van der Waals surface area contributed by atoms with Gasteiger partial charge in [0.2, 0.25) is 11.6 Å². The zero-order valence-electron chi connectivity index (χ0n) is 19.1. The third-order valence-corrected chi connectivity index (χ3v) is 6.36. The van der Waals surface area contributed by atoms with Crippen molar-refractivity contribution in [2.45, 2.75) is 20.4 Å². The lowest BCUT2D eigenvalue weighted by Gasteiger charge is -2.33. The lowest BCUT2D eigenvalue weighted by Crippen LogP contribution is -2.46. The van der Waals surface area contributed by atoms with E-state index in [1.54, 1.807) is 25.1 Å². The molecule has 3 N–H and O–H groups in total. The van der Waals surface area contributed by atoms with Gasteiger partial charge in [-0.3, -0.25) is 9.69 Å². The summed E-state index contributed by atoms with van der Waals surface area (Å²) < 4.78 is 6.09. The Labute approximate surface area is 217 Å². The molecule has 0 bridgehead atoms. The monoisotopic (exact) mass is 542 g/mol. The van der Waals surface area contributed by atoms with Crippen molar-refractivity contribution in [1.29, 1.82) is 0 Å². The first-order chi connectivity index (χ1) is 16.4. The van der Waals surface area contributed by atoms with E-state index in [0.29, 0.717) is 33.6 Å². The summed E-state index contributed by atoms with van der Waals surface area (Å²) in [6.07, 6.45) is 0. The number of carbonyl (C=O) groups excluding carboxylic acids is 1. The number of rotatable bonds is 7. The van der Waals surface area contributed by atoms with Gasteiger partial charge in [-0.1, -0.05) is 41.4 Å². The van der Waals surface area contributed by atoms with Crippen LogP contribution in [-0.2, 0) is 6.54 Å². The molecule has 2 aromatic heterocycles. The molecule has 1 aromatic carbocycles. The number of nitrogen functional groups attached to an aromatic ring is 1. The van der Waals surface area contributed by atoms with Gasteiger partial charge in [0.25, 0.3) is 5.91 Å². The SMILES string of the molecule is CCN1CCN(Cc2c(C(=O)N/N=C(\C)c3ccc(Cl)c(Cl)c3)nnn2-c2nonc2N)CC1.Cl. The first-order valence-corrected chi connectivity index (χ1v) is 11.4. The number of halogens is 3. The molecule has 35 heavy (non-hydrogen) atoms. The van der Waals surface area contributed by atoms with E-state index in [0.717, 1.165) is 32.7 Å². The summed E-state index contributed by atoms with van der Waals surface area (Å²) in [5.41, 5.74) is 10.3. The van der Waals surface area contributed by atoms with Gasteiger partial charge in [0.1, 0.15) is 0 Å². The fourth-order valence-electron chi connectivity index (χ4n) is 3.58. The number of carbonyl (C=O) groups is 1. The van der Waals surface area contributed by atoms with E-state index in [4.69, 9.17) is 33.6 Å². The van der Waals surface area contributed by atoms with Crippen LogP contribution in [0, 0.1) is 0 Å². The van der Waals surface area contributed by atoms with Crippen LogP contribution in [0.3, 0.4) is 0 Å². The Kier molecular flexibility index (Phi) is 9.03. The van der Waals surface area contributed by atoms with E-state index in [-0.39, 0.29) is 29.7 Å². The predicted molar refractivity (Wildman–Crippen MR) is 134 cm³/mol. The Hall–Kier alpha value is -2.77. The number of aromatic nitrogens is 5. The second-order valence-corrected chi connectivity index (χ2v) is 8.56. The zero-order valence-corrected chi connectivity index (χ0v) is 21.4. The highest BCUT2D eigenvalue weighted by Crippen LogP contribution is 2.23. The molecule has 0 aliphatic carbocycles. The molecule has 3 aromatic rings. The second kappa shape index (κ2) is 11.8. The van der Waals surface area contributed by atoms with Crippen LogP contribution in [0.2, 0.25) is 10.0 Å². The Morgan fingerprint density at radius 2 is 1.89 bits per heavy atom. The summed E-state index contributed by atoms with van der Waals surface area (Å²) in [6.45, 7) is 8.82. The Bertz CT molecular complexity index is 1200. The molecule has 0 atom stereocenters. The molecular formula is C20H25Cl3N10O2. The molecule has 0 unspecified atom stereocenters. The number of nitrogens with two attached hydrogens (primary N) is 1. The predicted octanol–water partition coefficient (Wildman–Crippen LogP) is 2.25. The number of hydrazone groups is 1. The minimum absolute atomic E-state index is 0. The summed E-state index contributed by atoms with van der Waals surface area (Å²) in [4.78, 5) is 17.6. The van der Waals surface area contributed by atoms with E-state index in [1.165, 1.54) is 4.68 Å². The van der Waals surface area contributed by atoms with E-state index >= 15 is 0 Å². The van der Waals surface area contributed by atoms with Crippen molar-refractivity contribution in [1.82, 2.24) is 40.5 Å². The van der Waals surface area contributed by atoms with E-state index < -0.39 is 5.91 Å². The third kappa shape index (κ3) is 6.08. The van der Waals surface area contributed by atoms with Crippen molar-refractivity contribution in [2.75, 3.05) is 38.5 Å². The number of anilines is 1. The van der Waals surface area contributed by atoms with Gasteiger partial charge >= 0.3 is 0 Å². The topological polar surface area (TPSA) is 144 Å². The van der Waals surface area contributed by atoms with E-state index in [1.807, 2.05) is 0 Å². The molecule has 0 saturated carbocycles. The van der Waals surface area contributed by atoms with Gasteiger partial charge in [0.15, 0.2) is 5.69 Å². The van der Waals surface area contributed by atoms with Crippen LogP contribution in [0.5, 0.6) is 0 Å². The van der Waals surface area contributed by atoms with E-state index in [9.17, 15) is 4.79 Å². The molecule has 1 aliphatic rings. The highest BCUT2D eigenvalue weighted by atomic mass is 35.5. The zero-order chi connectivity index (χ0) is 24.2. The maximum Gasteiger partial charge on any atom is 0.293 e. The summed E-state index contributed by atoms with van der Waals surface area (Å²) in [5.74, 6) is -0.311. The Morgan fingerprint density at radius 3 is 2.51 bits per heavy atom. The van der Waals surface area contributed by atoms with Gasteiger partial charge in [0.05, 0.1) is 21.5 Å². The standard InChI is InChI=1S/C20H24Cl2N10O2.ClH/c1-3-30-6-8-31(9-7-30)11-16-17(25-29-32(16)19-18(23)27-34-28-19)20(33)26-24-12(2)13-4-5-14(21)15(22)10-13;/h4-5,10H,3,6-9,11H2,1-2H3,(H2,23,27)(H,26,33);1H/b24-12+;. The Morgan fingerprint density at radius 1 is 1.17 bits per heavy atom. The molecule has 188 valence electrons. The van der Waals surface area contributed by atoms with Gasteiger partial charge < -0.3 is 10.6 Å². The first-order valence-electron chi connectivity index (χ1n) is 10.6. The normalized spacial score (nSPS) is 15.1. The molecule has 4 rings (SSSR count). The van der Waals surface area contributed by atoms with E-state index in [2.05, 4.69) is 47.9 Å². The van der Waals surface area contributed by atoms with Crippen molar-refractivity contribution in [2.24, 2.45) is 5.10 Å². The number of benzene rings is 1. The molecule has 0 spiro atoms. The molecule has 0 radical (unpaired) electrons. The van der Waals surface area contributed by atoms with Gasteiger partial charge in [-0.05, 0) is 41.5 Å². The highest BCUT2D eigenvalue weighted by molar-refractivity contribution is 6.42. The number of likely N-dealkylation sites (N-methyl/N-ethyl adjacent to an activating group) is 1. The van der Waals surface area contributed by atoms with Crippen LogP contribution >= 0.6 is 35.6 Å². The number of nitrogens with zero attached hydrogens (tertiary/aromatic N) is 8. The lowest BCUT2D eigenvalue weighted by atomic mass is 10.1. The maximum absolute atomic E-state index is 13.0. The van der Waals surface area contributed by atoms with Crippen LogP contribution in [0.4, 0.5) is 5.82 Å². The maximum atomic E-state index is 13.0. The fourth-order valence-corrected chi connectivity index (χ4v) is 3.87. The average Bonchev–Trinajstić information content (AvgIpc) is 3.45. The Balaban J connectivity index is 0.00000342. The van der Waals surface area contributed by atoms with Crippen molar-refractivity contribution >= 4 is 53.0 Å². The molecule has 3 heterocycles. The van der Waals surface area contributed by atoms with Crippen molar-refractivity contribution in [3.05, 3.63) is 45.2 Å². The van der Waals surface area contributed by atoms with Crippen LogP contribution in [0.25, 0.3) is 5.82 Å². The van der Waals surface area contributed by atoms with Gasteiger partial charge in [0, 0.05) is 32.7 Å². The third-order valence-electron chi connectivity index (χ3n) is 5.62. The fraction of sp³-hybridized carbons (Fsp3) is 0.400. The lowest BCUT2D eigenvalue weighted by molar-refractivity contribution is 0.0944. The number of hydrogen-bond donors (Lipinski definition) is 2. The average molecular weight is 544 g/mol. The molecule has 12 nitrogen and oxygen atoms in total. The first kappa shape index (κ1) is 26.8. The number of hydrogen-bond acceptors (Lipinski definition) is 10. The molecule has 15 heteroatoms. The molecule has 1 amide bonds. The molecule has 1 fully saturated rings. The second-order valence-electron chi connectivity index (χ2n) is 7.75. The number of piperazine rings is 1. The highest BCUT2D eigenvalue weighted by Gasteiger charge is 2.27. The molecule has 1 saturated heterocycles. The minimum atomic E-state index is -0.525. The molecule has 1 aliphatic heterocycles. The summed E-state index contributed by atoms with van der Waals surface area (Å²) >= 11 is 12.1. The number of amides is 1. The smallest absolute Gasteiger partial charge is 0.293 e. The minimum Gasteiger partial charge on any atom is -0.378 e. The summed E-state index contributed by atoms with van der Waals surface area (Å²) in [5, 5.41) is 20.6. The van der Waals surface area contributed by atoms with Crippen molar-refractivity contribution < 1.29 is 9.42 Å². The number of nitrogens with one attached hydrogen (secondary N) is 1. The summed E-state index contributed by atoms with van der Waals surface area (Å²) in [7, 11) is 0. The van der Waals surface area contributed by atoms with Gasteiger partial charge in [-0.25, -0.2) is 10.1 Å². The van der Waals surface area contributed by atoms with Gasteiger partial charge in [-0.2, -0.15) is 9.78 Å². The summed E-state index contributed by atoms with van der Waals surface area (Å²) in [6, 6.07) is 5.10. The molecular weight excluding hydrogens is 519 g/mol. The van der Waals surface area contributed by atoms with Crippen molar-refractivity contribution in [3.63, 3.8) is 0 Å². The van der Waals surface area contributed by atoms with Gasteiger partial charge in [-0.15, -0.1) is 17.5 Å². The van der Waals surface area contributed by atoms with Crippen LogP contribution in [-0.4, -0.2) is 79.4 Å². The largest absolute Gasteiger partial charge is 0.378 e. The van der Waals surface area contributed by atoms with Crippen molar-refractivity contribution in [3.8, 4) is 5.82 Å². The quantitative estimate of drug-likeness (QED) is 0.339. The van der Waals surface area contributed by atoms with Crippen LogP contribution in [0.1, 0.15) is 35.6 Å².